The lowest BCUT2D eigenvalue weighted by Gasteiger charge is -2.39. The van der Waals surface area contributed by atoms with Crippen molar-refractivity contribution in [2.75, 3.05) is 26.3 Å². The molecule has 5 nitrogen and oxygen atoms in total. The molecule has 2 fully saturated rings. The number of unbranched alkanes of at least 4 members (excludes halogenated alkanes) is 1. The molecule has 1 aromatic carbocycles. The third-order valence-electron chi connectivity index (χ3n) is 5.30. The molecule has 1 aliphatic carbocycles. The van der Waals surface area contributed by atoms with Gasteiger partial charge in [0.25, 0.3) is 5.91 Å². The minimum atomic E-state index is 0.0396. The smallest absolute Gasteiger partial charge is 0.257 e. The van der Waals surface area contributed by atoms with E-state index in [-0.39, 0.29) is 18.1 Å². The average molecular weight is 345 g/mol. The second-order valence-corrected chi connectivity index (χ2v) is 7.32. The van der Waals surface area contributed by atoms with Crippen LogP contribution in [0.1, 0.15) is 49.4 Å². The molecule has 2 atom stereocenters. The topological polar surface area (TPSA) is 48.0 Å². The van der Waals surface area contributed by atoms with Crippen molar-refractivity contribution < 1.29 is 19.0 Å². The highest BCUT2D eigenvalue weighted by molar-refractivity contribution is 5.98. The first-order valence-electron chi connectivity index (χ1n) is 9.59. The molecule has 1 saturated carbocycles. The number of benzene rings is 1. The number of para-hydroxylation sites is 1. The molecular formula is C20H27NO4. The fourth-order valence-electron chi connectivity index (χ4n) is 3.77. The van der Waals surface area contributed by atoms with Crippen LogP contribution in [-0.4, -0.2) is 49.3 Å². The largest absolute Gasteiger partial charge is 0.486 e. The van der Waals surface area contributed by atoms with Crippen LogP contribution in [0.25, 0.3) is 0 Å². The van der Waals surface area contributed by atoms with E-state index in [4.69, 9.17) is 14.2 Å². The van der Waals surface area contributed by atoms with Crippen molar-refractivity contribution in [2.45, 2.75) is 51.2 Å². The Morgan fingerprint density at radius 1 is 1.20 bits per heavy atom. The van der Waals surface area contributed by atoms with Gasteiger partial charge in [-0.1, -0.05) is 25.8 Å². The van der Waals surface area contributed by atoms with Crippen molar-refractivity contribution in [3.05, 3.63) is 23.8 Å². The van der Waals surface area contributed by atoms with Gasteiger partial charge >= 0.3 is 0 Å². The molecule has 1 aromatic rings. The molecule has 0 radical (unpaired) electrons. The third kappa shape index (κ3) is 3.61. The van der Waals surface area contributed by atoms with E-state index in [1.165, 1.54) is 12.8 Å². The molecule has 0 spiro atoms. The molecule has 136 valence electrons. The summed E-state index contributed by atoms with van der Waals surface area (Å²) in [4.78, 5) is 15.2. The number of hydrogen-bond donors (Lipinski definition) is 0. The van der Waals surface area contributed by atoms with Gasteiger partial charge in [0.1, 0.15) is 13.2 Å². The maximum Gasteiger partial charge on any atom is 0.257 e. The fourth-order valence-corrected chi connectivity index (χ4v) is 3.77. The molecule has 2 heterocycles. The van der Waals surface area contributed by atoms with Gasteiger partial charge in [-0.2, -0.15) is 0 Å². The summed E-state index contributed by atoms with van der Waals surface area (Å²) in [6, 6.07) is 5.58. The maximum atomic E-state index is 13.2. The highest BCUT2D eigenvalue weighted by atomic mass is 16.6. The van der Waals surface area contributed by atoms with Crippen LogP contribution < -0.4 is 9.47 Å². The molecule has 1 amide bonds. The van der Waals surface area contributed by atoms with Gasteiger partial charge in [0.05, 0.1) is 17.8 Å². The first kappa shape index (κ1) is 16.7. The summed E-state index contributed by atoms with van der Waals surface area (Å²) in [5.74, 6) is 1.94. The second kappa shape index (κ2) is 7.24. The summed E-state index contributed by atoms with van der Waals surface area (Å²) in [6.07, 6.45) is 6.11. The Labute approximate surface area is 149 Å². The molecule has 2 aliphatic heterocycles. The van der Waals surface area contributed by atoms with Crippen molar-refractivity contribution in [2.24, 2.45) is 5.92 Å². The van der Waals surface area contributed by atoms with Crippen LogP contribution in [-0.2, 0) is 4.74 Å². The van der Waals surface area contributed by atoms with Gasteiger partial charge < -0.3 is 19.1 Å². The number of carbonyl (C=O) groups excluding carboxylic acids is 1. The average Bonchev–Trinajstić information content (AvgIpc) is 3.50. The van der Waals surface area contributed by atoms with E-state index < -0.39 is 0 Å². The molecule has 0 aromatic heterocycles. The Hall–Kier alpha value is -1.75. The molecule has 25 heavy (non-hydrogen) atoms. The normalized spacial score (nSPS) is 25.7. The summed E-state index contributed by atoms with van der Waals surface area (Å²) in [5.41, 5.74) is 0.614. The summed E-state index contributed by atoms with van der Waals surface area (Å²) in [5, 5.41) is 0. The lowest BCUT2D eigenvalue weighted by atomic mass is 10.0. The van der Waals surface area contributed by atoms with Crippen LogP contribution in [0.4, 0.5) is 0 Å². The van der Waals surface area contributed by atoms with Gasteiger partial charge in [-0.25, -0.2) is 0 Å². The highest BCUT2D eigenvalue weighted by Crippen LogP contribution is 2.39. The van der Waals surface area contributed by atoms with Crippen molar-refractivity contribution in [1.29, 1.82) is 0 Å². The van der Waals surface area contributed by atoms with Gasteiger partial charge in [0, 0.05) is 13.1 Å². The van der Waals surface area contributed by atoms with Crippen LogP contribution in [0.5, 0.6) is 11.5 Å². The number of nitrogens with zero attached hydrogens (tertiary/aromatic N) is 1. The summed E-state index contributed by atoms with van der Waals surface area (Å²) in [6.45, 7) is 4.58. The fraction of sp³-hybridized carbons (Fsp3) is 0.650. The molecule has 0 bridgehead atoms. The minimum absolute atomic E-state index is 0.0396. The molecule has 4 rings (SSSR count). The van der Waals surface area contributed by atoms with Crippen LogP contribution in [0.3, 0.4) is 0 Å². The molecule has 1 saturated heterocycles. The zero-order valence-electron chi connectivity index (χ0n) is 14.9. The lowest BCUT2D eigenvalue weighted by molar-refractivity contribution is -0.0875. The van der Waals surface area contributed by atoms with Gasteiger partial charge in [-0.05, 0) is 37.3 Å². The number of morpholine rings is 1. The molecule has 0 unspecified atom stereocenters. The Kier molecular flexibility index (Phi) is 4.84. The first-order chi connectivity index (χ1) is 12.3. The van der Waals surface area contributed by atoms with E-state index in [1.54, 1.807) is 0 Å². The van der Waals surface area contributed by atoms with Crippen molar-refractivity contribution >= 4 is 5.91 Å². The monoisotopic (exact) mass is 345 g/mol. The molecule has 5 heteroatoms. The Balaban J connectivity index is 1.53. The van der Waals surface area contributed by atoms with Crippen molar-refractivity contribution in [3.63, 3.8) is 0 Å². The van der Waals surface area contributed by atoms with Gasteiger partial charge in [0.15, 0.2) is 11.5 Å². The van der Waals surface area contributed by atoms with Crippen LogP contribution >= 0.6 is 0 Å². The Morgan fingerprint density at radius 3 is 2.84 bits per heavy atom. The van der Waals surface area contributed by atoms with E-state index in [2.05, 4.69) is 6.92 Å². The first-order valence-corrected chi connectivity index (χ1v) is 9.59. The van der Waals surface area contributed by atoms with Crippen LogP contribution in [0.15, 0.2) is 18.2 Å². The predicted molar refractivity (Wildman–Crippen MR) is 94.2 cm³/mol. The maximum absolute atomic E-state index is 13.2. The summed E-state index contributed by atoms with van der Waals surface area (Å²) in [7, 11) is 0. The second-order valence-electron chi connectivity index (χ2n) is 7.32. The Morgan fingerprint density at radius 2 is 2.04 bits per heavy atom. The SMILES string of the molecule is CCCC[C@@H]1CN(C(=O)c2cccc3c2OCCO3)C[C@H](C2CC2)O1. The van der Waals surface area contributed by atoms with E-state index in [0.717, 1.165) is 19.3 Å². The zero-order chi connectivity index (χ0) is 17.2. The minimum Gasteiger partial charge on any atom is -0.486 e. The number of fused-ring (bicyclic) bond motifs is 1. The van der Waals surface area contributed by atoms with Crippen molar-refractivity contribution in [1.82, 2.24) is 4.90 Å². The predicted octanol–water partition coefficient (Wildman–Crippen LogP) is 3.27. The standard InChI is InChI=1S/C20H27NO4/c1-2-3-5-15-12-21(13-18(25-15)14-8-9-14)20(22)16-6-4-7-17-19(16)24-11-10-23-17/h4,6-7,14-15,18H,2-3,5,8-13H2,1H3/t15-,18-/m1/s1. The van der Waals surface area contributed by atoms with E-state index in [9.17, 15) is 4.79 Å². The van der Waals surface area contributed by atoms with Gasteiger partial charge in [-0.3, -0.25) is 4.79 Å². The number of rotatable bonds is 5. The molecular weight excluding hydrogens is 318 g/mol. The molecule has 0 N–H and O–H groups in total. The lowest BCUT2D eigenvalue weighted by Crippen LogP contribution is -2.50. The quantitative estimate of drug-likeness (QED) is 0.822. The third-order valence-corrected chi connectivity index (χ3v) is 5.30. The van der Waals surface area contributed by atoms with Crippen LogP contribution in [0, 0.1) is 5.92 Å². The molecule has 3 aliphatic rings. The number of carbonyl (C=O) groups is 1. The number of hydrogen-bond acceptors (Lipinski definition) is 4. The van der Waals surface area contributed by atoms with E-state index in [0.29, 0.717) is 49.3 Å². The highest BCUT2D eigenvalue weighted by Gasteiger charge is 2.40. The van der Waals surface area contributed by atoms with Gasteiger partial charge in [0.2, 0.25) is 0 Å². The van der Waals surface area contributed by atoms with Crippen molar-refractivity contribution in [3.8, 4) is 11.5 Å². The van der Waals surface area contributed by atoms with Gasteiger partial charge in [-0.15, -0.1) is 0 Å². The van der Waals surface area contributed by atoms with E-state index in [1.807, 2.05) is 23.1 Å². The van der Waals surface area contributed by atoms with E-state index >= 15 is 0 Å². The number of ether oxygens (including phenoxy) is 3. The summed E-state index contributed by atoms with van der Waals surface area (Å²) >= 11 is 0. The number of amides is 1. The van der Waals surface area contributed by atoms with Crippen LogP contribution in [0.2, 0.25) is 0 Å². The summed E-state index contributed by atoms with van der Waals surface area (Å²) < 4.78 is 17.7. The Bertz CT molecular complexity index is 628. The zero-order valence-corrected chi connectivity index (χ0v) is 14.9.